The molecule has 0 aromatic heterocycles. The van der Waals surface area contributed by atoms with Crippen LogP contribution in [0, 0.1) is 0 Å². The number of carbonyl (C=O) groups is 1. The van der Waals surface area contributed by atoms with E-state index in [1.54, 1.807) is 11.8 Å². The van der Waals surface area contributed by atoms with E-state index >= 15 is 0 Å². The number of fused-ring (bicyclic) bond motifs is 1. The first kappa shape index (κ1) is 16.8. The van der Waals surface area contributed by atoms with Crippen molar-refractivity contribution < 1.29 is 4.79 Å². The van der Waals surface area contributed by atoms with E-state index in [0.717, 1.165) is 4.90 Å². The molecule has 3 N–H and O–H groups in total. The predicted molar refractivity (Wildman–Crippen MR) is 88.6 cm³/mol. The molecule has 0 fully saturated rings. The van der Waals surface area contributed by atoms with E-state index in [-0.39, 0.29) is 24.4 Å². The smallest absolute Gasteiger partial charge is 0.230 e. The summed E-state index contributed by atoms with van der Waals surface area (Å²) in [5.41, 5.74) is 5.47. The molecule has 2 aromatic carbocycles. The average Bonchev–Trinajstić information content (AvgIpc) is 2.44. The maximum atomic E-state index is 11.7. The Morgan fingerprint density at radius 1 is 1.25 bits per heavy atom. The topological polar surface area (TPSA) is 55.1 Å². The van der Waals surface area contributed by atoms with Gasteiger partial charge in [-0.1, -0.05) is 30.3 Å². The number of nitrogens with one attached hydrogen (secondary N) is 1. The fourth-order valence-electron chi connectivity index (χ4n) is 1.78. The van der Waals surface area contributed by atoms with Crippen molar-refractivity contribution in [2.75, 3.05) is 12.3 Å². The molecular formula is C15H19ClN2OS. The highest BCUT2D eigenvalue weighted by molar-refractivity contribution is 8.00. The van der Waals surface area contributed by atoms with Crippen molar-refractivity contribution in [2.45, 2.75) is 17.9 Å². The third-order valence-corrected chi connectivity index (χ3v) is 3.85. The molecule has 0 bridgehead atoms. The van der Waals surface area contributed by atoms with Crippen LogP contribution in [0.5, 0.6) is 0 Å². The van der Waals surface area contributed by atoms with Crippen LogP contribution in [0.1, 0.15) is 6.92 Å². The first-order chi connectivity index (χ1) is 9.19. The summed E-state index contributed by atoms with van der Waals surface area (Å²) in [6.07, 6.45) is 0. The third kappa shape index (κ3) is 4.71. The molecule has 0 saturated heterocycles. The van der Waals surface area contributed by atoms with Crippen LogP contribution in [0.3, 0.4) is 0 Å². The van der Waals surface area contributed by atoms with Crippen molar-refractivity contribution in [3.8, 4) is 0 Å². The minimum Gasteiger partial charge on any atom is -0.352 e. The molecular weight excluding hydrogens is 292 g/mol. The number of halogens is 1. The number of benzene rings is 2. The molecule has 0 unspecified atom stereocenters. The Morgan fingerprint density at radius 2 is 1.95 bits per heavy atom. The van der Waals surface area contributed by atoms with Gasteiger partial charge in [0.05, 0.1) is 5.75 Å². The van der Waals surface area contributed by atoms with Crippen molar-refractivity contribution in [3.05, 3.63) is 42.5 Å². The summed E-state index contributed by atoms with van der Waals surface area (Å²) >= 11 is 1.54. The lowest BCUT2D eigenvalue weighted by Crippen LogP contribution is -2.38. The molecule has 20 heavy (non-hydrogen) atoms. The Bertz CT molecular complexity index is 577. The van der Waals surface area contributed by atoms with Crippen molar-refractivity contribution >= 4 is 40.8 Å². The minimum absolute atomic E-state index is 0. The second-order valence-corrected chi connectivity index (χ2v) is 5.55. The molecule has 1 atom stereocenters. The Kier molecular flexibility index (Phi) is 6.85. The van der Waals surface area contributed by atoms with E-state index in [1.807, 2.05) is 25.1 Å². The molecule has 0 saturated carbocycles. The van der Waals surface area contributed by atoms with Crippen LogP contribution < -0.4 is 11.1 Å². The van der Waals surface area contributed by atoms with Crippen molar-refractivity contribution in [2.24, 2.45) is 5.73 Å². The van der Waals surface area contributed by atoms with E-state index in [2.05, 4.69) is 29.6 Å². The van der Waals surface area contributed by atoms with Crippen molar-refractivity contribution in [3.63, 3.8) is 0 Å². The molecule has 1 amide bonds. The highest BCUT2D eigenvalue weighted by Crippen LogP contribution is 2.23. The molecule has 5 heteroatoms. The van der Waals surface area contributed by atoms with Gasteiger partial charge >= 0.3 is 0 Å². The van der Waals surface area contributed by atoms with Gasteiger partial charge in [-0.25, -0.2) is 0 Å². The molecule has 0 heterocycles. The summed E-state index contributed by atoms with van der Waals surface area (Å²) in [7, 11) is 0. The average molecular weight is 311 g/mol. The molecule has 0 aliphatic carbocycles. The monoisotopic (exact) mass is 310 g/mol. The normalized spacial score (nSPS) is 11.7. The quantitative estimate of drug-likeness (QED) is 0.835. The molecule has 0 radical (unpaired) electrons. The number of hydrogen-bond donors (Lipinski definition) is 2. The van der Waals surface area contributed by atoms with Gasteiger partial charge in [0.1, 0.15) is 0 Å². The maximum absolute atomic E-state index is 11.7. The highest BCUT2D eigenvalue weighted by Gasteiger charge is 2.06. The second-order valence-electron chi connectivity index (χ2n) is 4.50. The zero-order valence-corrected chi connectivity index (χ0v) is 13.0. The summed E-state index contributed by atoms with van der Waals surface area (Å²) < 4.78 is 0. The second kappa shape index (κ2) is 8.15. The molecule has 0 aliphatic heterocycles. The van der Waals surface area contributed by atoms with Crippen LogP contribution in [0.15, 0.2) is 47.4 Å². The van der Waals surface area contributed by atoms with Gasteiger partial charge in [0, 0.05) is 17.5 Å². The Labute approximate surface area is 129 Å². The van der Waals surface area contributed by atoms with Gasteiger partial charge < -0.3 is 11.1 Å². The molecule has 0 spiro atoms. The zero-order chi connectivity index (χ0) is 13.7. The van der Waals surface area contributed by atoms with Gasteiger partial charge in [-0.2, -0.15) is 0 Å². The molecule has 3 nitrogen and oxygen atoms in total. The van der Waals surface area contributed by atoms with Crippen LogP contribution in [-0.2, 0) is 4.79 Å². The van der Waals surface area contributed by atoms with Gasteiger partial charge in [-0.15, -0.1) is 24.2 Å². The van der Waals surface area contributed by atoms with Gasteiger partial charge in [0.2, 0.25) is 5.91 Å². The highest BCUT2D eigenvalue weighted by atomic mass is 35.5. The van der Waals surface area contributed by atoms with Crippen LogP contribution in [0.4, 0.5) is 0 Å². The summed E-state index contributed by atoms with van der Waals surface area (Å²) in [6.45, 7) is 2.37. The van der Waals surface area contributed by atoms with Crippen LogP contribution in [-0.4, -0.2) is 24.2 Å². The Hall–Kier alpha value is -1.23. The van der Waals surface area contributed by atoms with E-state index in [9.17, 15) is 4.79 Å². The van der Waals surface area contributed by atoms with E-state index < -0.39 is 0 Å². The predicted octanol–water partition coefficient (Wildman–Crippen LogP) is 2.82. The number of hydrogen-bond acceptors (Lipinski definition) is 3. The summed E-state index contributed by atoms with van der Waals surface area (Å²) in [5.74, 6) is 0.444. The zero-order valence-electron chi connectivity index (χ0n) is 11.3. The maximum Gasteiger partial charge on any atom is 0.230 e. The van der Waals surface area contributed by atoms with Gasteiger partial charge in [-0.05, 0) is 29.8 Å². The fraction of sp³-hybridized carbons (Fsp3) is 0.267. The Morgan fingerprint density at radius 3 is 2.65 bits per heavy atom. The van der Waals surface area contributed by atoms with Crippen molar-refractivity contribution in [1.82, 2.24) is 5.32 Å². The summed E-state index contributed by atoms with van der Waals surface area (Å²) in [5, 5.41) is 5.27. The third-order valence-electron chi connectivity index (χ3n) is 2.85. The SMILES string of the molecule is C[C@@H](CN)NC(=O)CSc1ccc2ccccc2c1.Cl. The fourth-order valence-corrected chi connectivity index (χ4v) is 2.54. The van der Waals surface area contributed by atoms with E-state index in [4.69, 9.17) is 5.73 Å². The number of amides is 1. The minimum atomic E-state index is 0. The molecule has 2 rings (SSSR count). The van der Waals surface area contributed by atoms with E-state index in [1.165, 1.54) is 10.8 Å². The van der Waals surface area contributed by atoms with Crippen LogP contribution in [0.25, 0.3) is 10.8 Å². The number of rotatable bonds is 5. The first-order valence-electron chi connectivity index (χ1n) is 6.30. The van der Waals surface area contributed by atoms with Gasteiger partial charge in [0.15, 0.2) is 0 Å². The van der Waals surface area contributed by atoms with Gasteiger partial charge in [-0.3, -0.25) is 4.79 Å². The van der Waals surface area contributed by atoms with Crippen molar-refractivity contribution in [1.29, 1.82) is 0 Å². The number of thioether (sulfide) groups is 1. The first-order valence-corrected chi connectivity index (χ1v) is 7.28. The van der Waals surface area contributed by atoms with Crippen LogP contribution >= 0.6 is 24.2 Å². The molecule has 0 aliphatic rings. The summed E-state index contributed by atoms with van der Waals surface area (Å²) in [6, 6.07) is 14.5. The Balaban J connectivity index is 0.00000200. The van der Waals surface area contributed by atoms with E-state index in [0.29, 0.717) is 12.3 Å². The standard InChI is InChI=1S/C15H18N2OS.ClH/c1-11(9-16)17-15(18)10-19-14-7-6-12-4-2-3-5-13(12)8-14;/h2-8,11H,9-10,16H2,1H3,(H,17,18);1H/t11-;/m0./s1. The largest absolute Gasteiger partial charge is 0.352 e. The lowest BCUT2D eigenvalue weighted by Gasteiger charge is -2.11. The van der Waals surface area contributed by atoms with Gasteiger partial charge in [0.25, 0.3) is 0 Å². The number of nitrogens with two attached hydrogens (primary N) is 1. The molecule has 108 valence electrons. The summed E-state index contributed by atoms with van der Waals surface area (Å²) in [4.78, 5) is 12.8. The number of carbonyl (C=O) groups excluding carboxylic acids is 1. The lowest BCUT2D eigenvalue weighted by molar-refractivity contribution is -0.119. The van der Waals surface area contributed by atoms with Crippen LogP contribution in [0.2, 0.25) is 0 Å². The lowest BCUT2D eigenvalue weighted by atomic mass is 10.1. The molecule has 2 aromatic rings.